The van der Waals surface area contributed by atoms with Crippen LogP contribution in [0.5, 0.6) is 0 Å². The first-order valence-electron chi connectivity index (χ1n) is 10.4. The largest absolute Gasteiger partial charge is 0.339 e. The highest BCUT2D eigenvalue weighted by molar-refractivity contribution is 6.42. The van der Waals surface area contributed by atoms with Crippen molar-refractivity contribution in [2.45, 2.75) is 26.3 Å². The molecule has 0 saturated carbocycles. The van der Waals surface area contributed by atoms with Crippen molar-refractivity contribution < 1.29 is 19.2 Å². The second kappa shape index (κ2) is 9.80. The standard InChI is InChI=1S/C23H24Cl2N4O4/c1-4-28(5-2)20(31)14-6-9-16(10-7-14)26-19(30)13-29-21(32)23(3,27-22(29)33)15-8-11-17(24)18(25)12-15/h6-12H,4-5,13H2,1-3H3,(H,26,30)(H,27,33)/t23-/m0/s1. The predicted octanol–water partition coefficient (Wildman–Crippen LogP) is 3.88. The van der Waals surface area contributed by atoms with Crippen molar-refractivity contribution in [3.05, 3.63) is 63.6 Å². The van der Waals surface area contributed by atoms with E-state index in [1.54, 1.807) is 35.2 Å². The van der Waals surface area contributed by atoms with E-state index < -0.39 is 29.9 Å². The average molecular weight is 491 g/mol. The van der Waals surface area contributed by atoms with Crippen molar-refractivity contribution in [2.24, 2.45) is 0 Å². The lowest BCUT2D eigenvalue weighted by molar-refractivity contribution is -0.133. The SMILES string of the molecule is CCN(CC)C(=O)c1ccc(NC(=O)CN2C(=O)N[C@@](C)(c3ccc(Cl)c(Cl)c3)C2=O)cc1. The van der Waals surface area contributed by atoms with Gasteiger partial charge in [0.25, 0.3) is 11.8 Å². The van der Waals surface area contributed by atoms with E-state index in [-0.39, 0.29) is 10.9 Å². The number of rotatable bonds is 7. The van der Waals surface area contributed by atoms with Gasteiger partial charge in [0, 0.05) is 24.3 Å². The monoisotopic (exact) mass is 490 g/mol. The van der Waals surface area contributed by atoms with Gasteiger partial charge in [-0.25, -0.2) is 4.79 Å². The fourth-order valence-electron chi connectivity index (χ4n) is 3.58. The molecule has 1 atom stereocenters. The number of halogens is 2. The smallest absolute Gasteiger partial charge is 0.325 e. The Bertz CT molecular complexity index is 1100. The van der Waals surface area contributed by atoms with Gasteiger partial charge in [0.2, 0.25) is 5.91 Å². The summed E-state index contributed by atoms with van der Waals surface area (Å²) in [5.74, 6) is -1.24. The minimum atomic E-state index is -1.38. The van der Waals surface area contributed by atoms with E-state index in [0.29, 0.717) is 34.9 Å². The Morgan fingerprint density at radius 3 is 2.24 bits per heavy atom. The van der Waals surface area contributed by atoms with Crippen LogP contribution in [0.2, 0.25) is 10.0 Å². The van der Waals surface area contributed by atoms with Crippen LogP contribution in [0.1, 0.15) is 36.7 Å². The van der Waals surface area contributed by atoms with Crippen molar-refractivity contribution in [3.63, 3.8) is 0 Å². The zero-order valence-corrected chi connectivity index (χ0v) is 20.0. The van der Waals surface area contributed by atoms with Crippen LogP contribution in [0.25, 0.3) is 0 Å². The fourth-order valence-corrected chi connectivity index (χ4v) is 3.88. The third-order valence-corrected chi connectivity index (χ3v) is 6.28. The molecule has 1 heterocycles. The van der Waals surface area contributed by atoms with Crippen molar-refractivity contribution in [3.8, 4) is 0 Å². The molecule has 2 N–H and O–H groups in total. The molecule has 0 bridgehead atoms. The quantitative estimate of drug-likeness (QED) is 0.575. The molecule has 0 unspecified atom stereocenters. The molecule has 8 nitrogen and oxygen atoms in total. The summed E-state index contributed by atoms with van der Waals surface area (Å²) < 4.78 is 0. The van der Waals surface area contributed by atoms with Crippen molar-refractivity contribution >= 4 is 52.6 Å². The average Bonchev–Trinajstić information content (AvgIpc) is 3.00. The van der Waals surface area contributed by atoms with Gasteiger partial charge in [0.05, 0.1) is 10.0 Å². The molecule has 0 spiro atoms. The van der Waals surface area contributed by atoms with E-state index in [1.165, 1.54) is 19.1 Å². The number of nitrogens with zero attached hydrogens (tertiary/aromatic N) is 2. The van der Waals surface area contributed by atoms with Gasteiger partial charge >= 0.3 is 6.03 Å². The van der Waals surface area contributed by atoms with E-state index >= 15 is 0 Å². The van der Waals surface area contributed by atoms with Crippen molar-refractivity contribution in [1.82, 2.24) is 15.1 Å². The second-order valence-corrected chi connectivity index (χ2v) is 8.49. The summed E-state index contributed by atoms with van der Waals surface area (Å²) in [5, 5.41) is 5.83. The first-order chi connectivity index (χ1) is 15.6. The zero-order valence-electron chi connectivity index (χ0n) is 18.4. The lowest BCUT2D eigenvalue weighted by Crippen LogP contribution is -2.42. The number of benzene rings is 2. The van der Waals surface area contributed by atoms with Crippen LogP contribution in [-0.4, -0.2) is 53.2 Å². The normalized spacial score (nSPS) is 17.7. The number of carbonyl (C=O) groups is 4. The summed E-state index contributed by atoms with van der Waals surface area (Å²) >= 11 is 12.0. The van der Waals surface area contributed by atoms with Gasteiger partial charge in [-0.3, -0.25) is 19.3 Å². The zero-order chi connectivity index (χ0) is 24.3. The third-order valence-electron chi connectivity index (χ3n) is 5.54. The van der Waals surface area contributed by atoms with E-state index in [2.05, 4.69) is 10.6 Å². The fraction of sp³-hybridized carbons (Fsp3) is 0.304. The van der Waals surface area contributed by atoms with Gasteiger partial charge in [0.15, 0.2) is 0 Å². The molecule has 5 amide bonds. The lowest BCUT2D eigenvalue weighted by atomic mass is 9.92. The van der Waals surface area contributed by atoms with Crippen LogP contribution >= 0.6 is 23.2 Å². The van der Waals surface area contributed by atoms with Gasteiger partial charge < -0.3 is 15.5 Å². The molecule has 1 aliphatic heterocycles. The Kier molecular flexibility index (Phi) is 7.29. The van der Waals surface area contributed by atoms with Crippen LogP contribution in [0, 0.1) is 0 Å². The molecule has 1 aliphatic rings. The number of nitrogens with one attached hydrogen (secondary N) is 2. The highest BCUT2D eigenvalue weighted by Crippen LogP contribution is 2.33. The van der Waals surface area contributed by atoms with Crippen LogP contribution in [-0.2, 0) is 15.1 Å². The number of anilines is 1. The summed E-state index contributed by atoms with van der Waals surface area (Å²) in [6.45, 7) is 6.07. The molecule has 33 heavy (non-hydrogen) atoms. The molecule has 2 aromatic rings. The maximum Gasteiger partial charge on any atom is 0.325 e. The molecule has 1 saturated heterocycles. The molecule has 10 heteroatoms. The number of imide groups is 1. The minimum Gasteiger partial charge on any atom is -0.339 e. The highest BCUT2D eigenvalue weighted by Gasteiger charge is 2.49. The molecule has 174 valence electrons. The first kappa shape index (κ1) is 24.5. The van der Waals surface area contributed by atoms with Crippen molar-refractivity contribution in [2.75, 3.05) is 25.0 Å². The Labute approximate surface area is 201 Å². The van der Waals surface area contributed by atoms with Crippen molar-refractivity contribution in [1.29, 1.82) is 0 Å². The summed E-state index contributed by atoms with van der Waals surface area (Å²) in [4.78, 5) is 52.9. The Hall–Kier alpha value is -3.10. The number of urea groups is 1. The topological polar surface area (TPSA) is 98.8 Å². The summed E-state index contributed by atoms with van der Waals surface area (Å²) in [7, 11) is 0. The Morgan fingerprint density at radius 1 is 1.03 bits per heavy atom. The third kappa shape index (κ3) is 4.96. The van der Waals surface area contributed by atoms with Crippen LogP contribution in [0.15, 0.2) is 42.5 Å². The summed E-state index contributed by atoms with van der Waals surface area (Å²) in [5.41, 5.74) is 0.0168. The number of hydrogen-bond acceptors (Lipinski definition) is 4. The van der Waals surface area contributed by atoms with E-state index in [0.717, 1.165) is 4.90 Å². The number of amides is 5. The molecule has 0 aromatic heterocycles. The first-order valence-corrected chi connectivity index (χ1v) is 11.1. The maximum absolute atomic E-state index is 13.0. The summed E-state index contributed by atoms with van der Waals surface area (Å²) in [6, 6.07) is 10.4. The van der Waals surface area contributed by atoms with Gasteiger partial charge in [0.1, 0.15) is 12.1 Å². The van der Waals surface area contributed by atoms with Crippen LogP contribution < -0.4 is 10.6 Å². The van der Waals surface area contributed by atoms with Gasteiger partial charge in [-0.1, -0.05) is 29.3 Å². The lowest BCUT2D eigenvalue weighted by Gasteiger charge is -2.22. The molecule has 3 rings (SSSR count). The Morgan fingerprint density at radius 2 is 1.67 bits per heavy atom. The minimum absolute atomic E-state index is 0.0983. The maximum atomic E-state index is 13.0. The molecule has 0 radical (unpaired) electrons. The molecule has 0 aliphatic carbocycles. The summed E-state index contributed by atoms with van der Waals surface area (Å²) in [6.07, 6.45) is 0. The van der Waals surface area contributed by atoms with Gasteiger partial charge in [-0.15, -0.1) is 0 Å². The Balaban J connectivity index is 1.68. The molecular formula is C23H24Cl2N4O4. The second-order valence-electron chi connectivity index (χ2n) is 7.68. The van der Waals surface area contributed by atoms with E-state index in [4.69, 9.17) is 23.2 Å². The molecule has 2 aromatic carbocycles. The van der Waals surface area contributed by atoms with E-state index in [9.17, 15) is 19.2 Å². The van der Waals surface area contributed by atoms with Gasteiger partial charge in [-0.2, -0.15) is 0 Å². The van der Waals surface area contributed by atoms with Gasteiger partial charge in [-0.05, 0) is 62.7 Å². The van der Waals surface area contributed by atoms with E-state index in [1.807, 2.05) is 13.8 Å². The molecular weight excluding hydrogens is 467 g/mol. The number of carbonyl (C=O) groups excluding carboxylic acids is 4. The van der Waals surface area contributed by atoms with Crippen LogP contribution in [0.3, 0.4) is 0 Å². The highest BCUT2D eigenvalue weighted by atomic mass is 35.5. The predicted molar refractivity (Wildman–Crippen MR) is 126 cm³/mol. The number of hydrogen-bond donors (Lipinski definition) is 2. The van der Waals surface area contributed by atoms with Crippen LogP contribution in [0.4, 0.5) is 10.5 Å². The molecule has 1 fully saturated rings.